The quantitative estimate of drug-likeness (QED) is 0.571. The highest BCUT2D eigenvalue weighted by Gasteiger charge is 2.50. The maximum atomic E-state index is 13.1. The molecule has 0 aliphatic heterocycles. The lowest BCUT2D eigenvalue weighted by Gasteiger charge is -2.56. The molecule has 170 valence electrons. The molecule has 2 aromatic rings. The molecule has 4 saturated carbocycles. The highest BCUT2D eigenvalue weighted by molar-refractivity contribution is 8.00. The Bertz CT molecular complexity index is 1050. The summed E-state index contributed by atoms with van der Waals surface area (Å²) in [5, 5.41) is 3.81. The molecule has 1 N–H and O–H groups in total. The average Bonchev–Trinajstić information content (AvgIpc) is 2.77. The Morgan fingerprint density at radius 2 is 1.66 bits per heavy atom. The summed E-state index contributed by atoms with van der Waals surface area (Å²) in [6, 6.07) is 12.0. The average molecular weight is 471 g/mol. The van der Waals surface area contributed by atoms with Crippen molar-refractivity contribution in [3.8, 4) is 0 Å². The Balaban J connectivity index is 1.20. The van der Waals surface area contributed by atoms with E-state index in [0.717, 1.165) is 24.3 Å². The fraction of sp³-hybridized carbons (Fsp3) is 0.520. The zero-order valence-electron chi connectivity index (χ0n) is 18.2. The van der Waals surface area contributed by atoms with Crippen molar-refractivity contribution in [1.82, 2.24) is 10.3 Å². The van der Waals surface area contributed by atoms with E-state index in [9.17, 15) is 13.2 Å². The van der Waals surface area contributed by atoms with Crippen molar-refractivity contribution in [2.75, 3.05) is 18.1 Å². The van der Waals surface area contributed by atoms with Crippen LogP contribution in [-0.2, 0) is 9.84 Å². The second-order valence-corrected chi connectivity index (χ2v) is 13.1. The zero-order chi connectivity index (χ0) is 22.2. The first-order valence-corrected chi connectivity index (χ1v) is 14.2. The van der Waals surface area contributed by atoms with Gasteiger partial charge in [-0.05, 0) is 86.0 Å². The Morgan fingerprint density at radius 3 is 2.31 bits per heavy atom. The molecule has 0 radical (unpaired) electrons. The minimum absolute atomic E-state index is 0.00654. The van der Waals surface area contributed by atoms with Crippen LogP contribution in [0, 0.1) is 23.2 Å². The summed E-state index contributed by atoms with van der Waals surface area (Å²) in [6.07, 6.45) is 9.60. The molecule has 32 heavy (non-hydrogen) atoms. The number of aromatic nitrogens is 1. The van der Waals surface area contributed by atoms with Crippen LogP contribution in [0.1, 0.15) is 48.9 Å². The molecule has 1 heterocycles. The molecule has 0 saturated heterocycles. The van der Waals surface area contributed by atoms with Crippen LogP contribution in [0.2, 0.25) is 0 Å². The molecule has 1 aromatic heterocycles. The number of amides is 1. The molecule has 1 amide bonds. The smallest absolute Gasteiger partial charge is 0.254 e. The van der Waals surface area contributed by atoms with Crippen LogP contribution < -0.4 is 5.32 Å². The van der Waals surface area contributed by atoms with E-state index in [2.05, 4.69) is 10.3 Å². The van der Waals surface area contributed by atoms with Crippen molar-refractivity contribution < 1.29 is 13.2 Å². The Labute approximate surface area is 194 Å². The molecule has 4 bridgehead atoms. The SMILES string of the molecule is O=C(NCC12CC3CC(CC(C3)C1)C2)c1cccnc1SCCS(=O)(=O)c1ccccc1. The highest BCUT2D eigenvalue weighted by Crippen LogP contribution is 2.59. The minimum atomic E-state index is -3.35. The number of carbonyl (C=O) groups excluding carboxylic acids is 1. The predicted molar refractivity (Wildman–Crippen MR) is 126 cm³/mol. The number of rotatable bonds is 8. The number of thioether (sulfide) groups is 1. The van der Waals surface area contributed by atoms with Gasteiger partial charge in [0.1, 0.15) is 5.03 Å². The molecule has 0 unspecified atom stereocenters. The van der Waals surface area contributed by atoms with Crippen LogP contribution >= 0.6 is 11.8 Å². The van der Waals surface area contributed by atoms with Gasteiger partial charge in [-0.25, -0.2) is 13.4 Å². The third-order valence-corrected chi connectivity index (χ3v) is 10.5. The van der Waals surface area contributed by atoms with Gasteiger partial charge >= 0.3 is 0 Å². The standard InChI is InChI=1S/C25H30N2O3S2/c28-23(27-17-25-14-18-11-19(15-25)13-20(12-18)16-25)22-7-4-8-26-24(22)31-9-10-32(29,30)21-5-2-1-3-6-21/h1-8,18-20H,9-17H2,(H,27,28). The zero-order valence-corrected chi connectivity index (χ0v) is 19.8. The molecule has 0 spiro atoms. The largest absolute Gasteiger partial charge is 0.351 e. The second kappa shape index (κ2) is 8.82. The van der Waals surface area contributed by atoms with Crippen molar-refractivity contribution in [2.24, 2.45) is 23.2 Å². The lowest BCUT2D eigenvalue weighted by Crippen LogP contribution is -2.51. The summed E-state index contributed by atoms with van der Waals surface area (Å²) in [6.45, 7) is 0.747. The minimum Gasteiger partial charge on any atom is -0.351 e. The van der Waals surface area contributed by atoms with Crippen molar-refractivity contribution in [2.45, 2.75) is 48.4 Å². The lowest BCUT2D eigenvalue weighted by atomic mass is 9.49. The molecule has 4 aliphatic carbocycles. The van der Waals surface area contributed by atoms with E-state index >= 15 is 0 Å². The number of hydrogen-bond acceptors (Lipinski definition) is 5. The van der Waals surface area contributed by atoms with Gasteiger partial charge in [0.15, 0.2) is 9.84 Å². The Morgan fingerprint density at radius 1 is 1.00 bits per heavy atom. The molecule has 0 atom stereocenters. The van der Waals surface area contributed by atoms with Crippen LogP contribution in [0.3, 0.4) is 0 Å². The number of benzene rings is 1. The van der Waals surface area contributed by atoms with Crippen LogP contribution in [0.15, 0.2) is 58.6 Å². The van der Waals surface area contributed by atoms with E-state index in [0.29, 0.717) is 21.2 Å². The van der Waals surface area contributed by atoms with E-state index in [1.807, 2.05) is 0 Å². The number of nitrogens with zero attached hydrogens (tertiary/aromatic N) is 1. The summed E-state index contributed by atoms with van der Waals surface area (Å²) in [7, 11) is -3.35. The summed E-state index contributed by atoms with van der Waals surface area (Å²) in [5.74, 6) is 2.83. The first-order valence-electron chi connectivity index (χ1n) is 11.6. The fourth-order valence-corrected chi connectivity index (χ4v) is 9.21. The fourth-order valence-electron chi connectivity index (χ4n) is 6.54. The van der Waals surface area contributed by atoms with Gasteiger partial charge in [-0.3, -0.25) is 4.79 Å². The summed E-state index contributed by atoms with van der Waals surface area (Å²) in [5.41, 5.74) is 0.822. The molecule has 1 aromatic carbocycles. The number of nitrogens with one attached hydrogen (secondary N) is 1. The maximum absolute atomic E-state index is 13.1. The van der Waals surface area contributed by atoms with Gasteiger partial charge in [-0.15, -0.1) is 11.8 Å². The monoisotopic (exact) mass is 470 g/mol. The van der Waals surface area contributed by atoms with Crippen molar-refractivity contribution in [3.05, 3.63) is 54.2 Å². The van der Waals surface area contributed by atoms with Crippen LogP contribution in [0.25, 0.3) is 0 Å². The first-order chi connectivity index (χ1) is 15.4. The van der Waals surface area contributed by atoms with Crippen LogP contribution in [-0.4, -0.2) is 37.4 Å². The molecule has 5 nitrogen and oxygen atoms in total. The van der Waals surface area contributed by atoms with E-state index < -0.39 is 9.84 Å². The summed E-state index contributed by atoms with van der Waals surface area (Å²) in [4.78, 5) is 17.8. The Hall–Kier alpha value is -1.86. The van der Waals surface area contributed by atoms with Gasteiger partial charge in [-0.1, -0.05) is 18.2 Å². The number of carbonyl (C=O) groups is 1. The van der Waals surface area contributed by atoms with Crippen LogP contribution in [0.5, 0.6) is 0 Å². The van der Waals surface area contributed by atoms with Gasteiger partial charge in [0.25, 0.3) is 5.91 Å². The van der Waals surface area contributed by atoms with Crippen molar-refractivity contribution in [3.63, 3.8) is 0 Å². The van der Waals surface area contributed by atoms with Crippen LogP contribution in [0.4, 0.5) is 0 Å². The Kier molecular flexibility index (Phi) is 6.05. The van der Waals surface area contributed by atoms with Gasteiger partial charge in [0.05, 0.1) is 16.2 Å². The lowest BCUT2D eigenvalue weighted by molar-refractivity contribution is -0.0503. The van der Waals surface area contributed by atoms with E-state index in [4.69, 9.17) is 0 Å². The van der Waals surface area contributed by atoms with E-state index in [1.54, 1.807) is 48.7 Å². The maximum Gasteiger partial charge on any atom is 0.254 e. The van der Waals surface area contributed by atoms with Gasteiger partial charge < -0.3 is 5.32 Å². The topological polar surface area (TPSA) is 76.1 Å². The molecule has 6 rings (SSSR count). The molecule has 4 aliphatic rings. The number of pyridine rings is 1. The third kappa shape index (κ3) is 4.60. The normalized spacial score (nSPS) is 28.6. The van der Waals surface area contributed by atoms with Crippen molar-refractivity contribution >= 4 is 27.5 Å². The summed E-state index contributed by atoms with van der Waals surface area (Å²) < 4.78 is 25.1. The van der Waals surface area contributed by atoms with E-state index in [-0.39, 0.29) is 17.1 Å². The number of sulfone groups is 1. The molecular formula is C25H30N2O3S2. The van der Waals surface area contributed by atoms with Gasteiger partial charge in [0.2, 0.25) is 0 Å². The molecule has 7 heteroatoms. The molecular weight excluding hydrogens is 440 g/mol. The van der Waals surface area contributed by atoms with Gasteiger partial charge in [0, 0.05) is 18.5 Å². The highest BCUT2D eigenvalue weighted by atomic mass is 32.2. The van der Waals surface area contributed by atoms with E-state index in [1.165, 1.54) is 50.3 Å². The second-order valence-electron chi connectivity index (χ2n) is 9.94. The third-order valence-electron chi connectivity index (χ3n) is 7.50. The van der Waals surface area contributed by atoms with Crippen molar-refractivity contribution in [1.29, 1.82) is 0 Å². The predicted octanol–water partition coefficient (Wildman–Crippen LogP) is 4.59. The first kappa shape index (κ1) is 22.0. The summed E-state index contributed by atoms with van der Waals surface area (Å²) >= 11 is 1.33. The van der Waals surface area contributed by atoms with Gasteiger partial charge in [-0.2, -0.15) is 0 Å². The number of hydrogen-bond donors (Lipinski definition) is 1. The molecule has 4 fully saturated rings.